The Balaban J connectivity index is 1.99. The van der Waals surface area contributed by atoms with Crippen molar-refractivity contribution in [1.29, 1.82) is 0 Å². The van der Waals surface area contributed by atoms with Crippen molar-refractivity contribution in [2.24, 2.45) is 11.8 Å². The number of rotatable bonds is 7. The van der Waals surface area contributed by atoms with Crippen LogP contribution in [0.2, 0.25) is 5.02 Å². The number of aromatic nitrogens is 1. The van der Waals surface area contributed by atoms with Crippen LogP contribution in [0.4, 0.5) is 0 Å². The molecule has 0 saturated carbocycles. The maximum atomic E-state index is 13.6. The molecule has 12 nitrogen and oxygen atoms in total. The Hall–Kier alpha value is -4.19. The number of carbonyl (C=O) groups excluding carboxylic acids is 5. The zero-order valence-corrected chi connectivity index (χ0v) is 27.3. The number of ether oxygens (including phenoxy) is 1. The average Bonchev–Trinajstić information content (AvgIpc) is 2.98. The maximum Gasteiger partial charge on any atom is 0.256 e. The van der Waals surface area contributed by atoms with Crippen molar-refractivity contribution < 1.29 is 28.7 Å². The molecule has 1 aromatic carbocycles. The molecule has 1 aliphatic rings. The van der Waals surface area contributed by atoms with E-state index in [2.05, 4.69) is 26.3 Å². The normalized spacial score (nSPS) is 22.1. The Morgan fingerprint density at radius 2 is 1.62 bits per heavy atom. The predicted octanol–water partition coefficient (Wildman–Crippen LogP) is 2.10. The number of hydrogen-bond donors (Lipinski definition) is 4. The molecule has 0 spiro atoms. The number of pyridine rings is 1. The van der Waals surface area contributed by atoms with Crippen molar-refractivity contribution in [2.75, 3.05) is 20.2 Å². The van der Waals surface area contributed by atoms with Gasteiger partial charge < -0.3 is 30.9 Å². The summed E-state index contributed by atoms with van der Waals surface area (Å²) in [5, 5.41) is 11.4. The number of methoxy groups -OCH3 is 1. The molecule has 2 heterocycles. The molecule has 4 atom stereocenters. The molecule has 0 radical (unpaired) electrons. The molecule has 1 aromatic heterocycles. The van der Waals surface area contributed by atoms with Crippen LogP contribution in [0.15, 0.2) is 42.7 Å². The molecule has 2 aromatic rings. The minimum atomic E-state index is -1.05. The first-order valence-corrected chi connectivity index (χ1v) is 15.4. The van der Waals surface area contributed by atoms with Crippen LogP contribution < -0.4 is 26.0 Å². The van der Waals surface area contributed by atoms with Gasteiger partial charge in [-0.2, -0.15) is 0 Å². The van der Waals surface area contributed by atoms with Crippen molar-refractivity contribution in [3.05, 3.63) is 58.9 Å². The van der Waals surface area contributed by atoms with E-state index in [1.54, 1.807) is 38.3 Å². The van der Waals surface area contributed by atoms with Crippen LogP contribution in [0.3, 0.4) is 0 Å². The van der Waals surface area contributed by atoms with Gasteiger partial charge in [-0.1, -0.05) is 51.4 Å². The predicted molar refractivity (Wildman–Crippen MR) is 170 cm³/mol. The standard InChI is InChI=1S/C32H43ClN6O6/c1-18(2)11-25-31(43)37-26(12-21-7-9-24(45-6)10-8-21)30(42)35-20(5)29(41)38-27(19(3)4)16-39(17-28(40)36-25)32(44)22-13-23(33)15-34-14-22/h7-10,13-15,18-20,25-27H,11-12,16-17H2,1-6H3,(H,35,42)(H,36,40)(H,37,43)(H,38,41)/t20-,25+,26+,27-/m1/s1. The topological polar surface area (TPSA) is 159 Å². The largest absolute Gasteiger partial charge is 0.497 e. The molecular weight excluding hydrogens is 600 g/mol. The van der Waals surface area contributed by atoms with Gasteiger partial charge in [0.2, 0.25) is 23.6 Å². The highest BCUT2D eigenvalue weighted by atomic mass is 35.5. The van der Waals surface area contributed by atoms with Gasteiger partial charge in [-0.05, 0) is 48.9 Å². The second kappa shape index (κ2) is 16.2. The van der Waals surface area contributed by atoms with Gasteiger partial charge in [0.05, 0.1) is 24.2 Å². The zero-order valence-electron chi connectivity index (χ0n) is 26.6. The van der Waals surface area contributed by atoms with Crippen molar-refractivity contribution >= 4 is 41.1 Å². The van der Waals surface area contributed by atoms with E-state index in [1.807, 2.05) is 27.7 Å². The highest BCUT2D eigenvalue weighted by Gasteiger charge is 2.32. The maximum absolute atomic E-state index is 13.6. The number of hydrogen-bond acceptors (Lipinski definition) is 7. The summed E-state index contributed by atoms with van der Waals surface area (Å²) in [6, 6.07) is 4.93. The fourth-order valence-corrected chi connectivity index (χ4v) is 5.05. The lowest BCUT2D eigenvalue weighted by Gasteiger charge is -2.31. The van der Waals surface area contributed by atoms with E-state index >= 15 is 0 Å². The van der Waals surface area contributed by atoms with Crippen molar-refractivity contribution in [3.63, 3.8) is 0 Å². The second-order valence-electron chi connectivity index (χ2n) is 12.0. The summed E-state index contributed by atoms with van der Waals surface area (Å²) in [4.78, 5) is 72.8. The van der Waals surface area contributed by atoms with Crippen LogP contribution in [0.1, 0.15) is 57.0 Å². The van der Waals surface area contributed by atoms with Gasteiger partial charge in [-0.3, -0.25) is 29.0 Å². The molecule has 5 amide bonds. The average molecular weight is 643 g/mol. The van der Waals surface area contributed by atoms with Gasteiger partial charge in [0.1, 0.15) is 23.9 Å². The second-order valence-corrected chi connectivity index (χ2v) is 12.5. The lowest BCUT2D eigenvalue weighted by atomic mass is 10.0. The van der Waals surface area contributed by atoms with E-state index in [9.17, 15) is 24.0 Å². The van der Waals surface area contributed by atoms with E-state index in [1.165, 1.54) is 23.4 Å². The number of nitrogens with zero attached hydrogens (tertiary/aromatic N) is 2. The van der Waals surface area contributed by atoms with Crippen molar-refractivity contribution in [1.82, 2.24) is 31.2 Å². The highest BCUT2D eigenvalue weighted by molar-refractivity contribution is 6.30. The third-order valence-electron chi connectivity index (χ3n) is 7.47. The van der Waals surface area contributed by atoms with E-state index in [0.29, 0.717) is 5.75 Å². The molecule has 0 bridgehead atoms. The molecule has 1 fully saturated rings. The van der Waals surface area contributed by atoms with Crippen LogP contribution >= 0.6 is 11.6 Å². The highest BCUT2D eigenvalue weighted by Crippen LogP contribution is 2.16. The minimum Gasteiger partial charge on any atom is -0.497 e. The van der Waals surface area contributed by atoms with E-state index < -0.39 is 60.2 Å². The molecule has 244 valence electrons. The van der Waals surface area contributed by atoms with Crippen LogP contribution in [0.5, 0.6) is 5.75 Å². The van der Waals surface area contributed by atoms with Crippen LogP contribution in [0, 0.1) is 11.8 Å². The Morgan fingerprint density at radius 1 is 0.956 bits per heavy atom. The Kier molecular flexibility index (Phi) is 12.7. The van der Waals surface area contributed by atoms with Gasteiger partial charge in [0, 0.05) is 31.4 Å². The van der Waals surface area contributed by atoms with Gasteiger partial charge in [0.25, 0.3) is 5.91 Å². The number of carbonyl (C=O) groups is 5. The molecule has 1 saturated heterocycles. The summed E-state index contributed by atoms with van der Waals surface area (Å²) in [5.74, 6) is -2.19. The molecule has 1 aliphatic heterocycles. The minimum absolute atomic E-state index is 0.0134. The van der Waals surface area contributed by atoms with E-state index in [4.69, 9.17) is 16.3 Å². The monoisotopic (exact) mass is 642 g/mol. The smallest absolute Gasteiger partial charge is 0.256 e. The van der Waals surface area contributed by atoms with E-state index in [0.717, 1.165) is 5.56 Å². The molecule has 4 N–H and O–H groups in total. The van der Waals surface area contributed by atoms with Crippen molar-refractivity contribution in [2.45, 2.75) is 71.6 Å². The molecule has 0 unspecified atom stereocenters. The zero-order chi connectivity index (χ0) is 33.3. The number of amides is 5. The lowest BCUT2D eigenvalue weighted by Crippen LogP contribution is -2.57. The molecule has 0 aliphatic carbocycles. The van der Waals surface area contributed by atoms with Crippen LogP contribution in [-0.4, -0.2) is 83.8 Å². The first-order valence-electron chi connectivity index (χ1n) is 15.0. The molecule has 13 heteroatoms. The molecular formula is C32H43ClN6O6. The SMILES string of the molecule is COc1ccc(C[C@@H]2NC(=O)[C@H](CC(C)C)NC(=O)CN(C(=O)c3cncc(Cl)c3)C[C@H](C(C)C)NC(=O)[C@@H](C)NC2=O)cc1. The summed E-state index contributed by atoms with van der Waals surface area (Å²) in [5.41, 5.74) is 0.917. The van der Waals surface area contributed by atoms with Gasteiger partial charge in [-0.15, -0.1) is 0 Å². The lowest BCUT2D eigenvalue weighted by molar-refractivity contribution is -0.133. The van der Waals surface area contributed by atoms with Gasteiger partial charge >= 0.3 is 0 Å². The van der Waals surface area contributed by atoms with Crippen LogP contribution in [-0.2, 0) is 25.6 Å². The van der Waals surface area contributed by atoms with Crippen LogP contribution in [0.25, 0.3) is 0 Å². The quantitative estimate of drug-likeness (QED) is 0.360. The molecule has 45 heavy (non-hydrogen) atoms. The fourth-order valence-electron chi connectivity index (χ4n) is 4.87. The summed E-state index contributed by atoms with van der Waals surface area (Å²) < 4.78 is 5.22. The Morgan fingerprint density at radius 3 is 2.22 bits per heavy atom. The summed E-state index contributed by atoms with van der Waals surface area (Å²) >= 11 is 6.08. The van der Waals surface area contributed by atoms with Crippen molar-refractivity contribution in [3.8, 4) is 5.75 Å². The third kappa shape index (κ3) is 10.4. The number of nitrogens with one attached hydrogen (secondary N) is 4. The Labute approximate surface area is 269 Å². The first-order chi connectivity index (χ1) is 21.3. The summed E-state index contributed by atoms with van der Waals surface area (Å²) in [7, 11) is 1.55. The number of halogens is 1. The fraction of sp³-hybridized carbons (Fsp3) is 0.500. The van der Waals surface area contributed by atoms with E-state index in [-0.39, 0.29) is 41.8 Å². The Bertz CT molecular complexity index is 1370. The summed E-state index contributed by atoms with van der Waals surface area (Å²) in [6.07, 6.45) is 3.15. The summed E-state index contributed by atoms with van der Waals surface area (Å²) in [6.45, 7) is 8.69. The van der Waals surface area contributed by atoms with Gasteiger partial charge in [0.15, 0.2) is 0 Å². The third-order valence-corrected chi connectivity index (χ3v) is 7.67. The number of benzene rings is 1. The molecule has 3 rings (SSSR count). The first kappa shape index (κ1) is 35.3. The van der Waals surface area contributed by atoms with Gasteiger partial charge in [-0.25, -0.2) is 0 Å².